The third-order valence-corrected chi connectivity index (χ3v) is 2.95. The van der Waals surface area contributed by atoms with E-state index in [2.05, 4.69) is 4.85 Å². The van der Waals surface area contributed by atoms with Gasteiger partial charge in [-0.3, -0.25) is 0 Å². The molecule has 0 aliphatic carbocycles. The van der Waals surface area contributed by atoms with Crippen LogP contribution in [0.3, 0.4) is 0 Å². The summed E-state index contributed by atoms with van der Waals surface area (Å²) in [4.78, 5) is 3.30. The highest BCUT2D eigenvalue weighted by molar-refractivity contribution is 5.47. The maximum Gasteiger partial charge on any atom is 0.187 e. The Morgan fingerprint density at radius 2 is 1.72 bits per heavy atom. The predicted molar refractivity (Wildman–Crippen MR) is 66.6 cm³/mol. The topological polar surface area (TPSA) is 4.36 Å². The van der Waals surface area contributed by atoms with Crippen molar-refractivity contribution in [3.63, 3.8) is 0 Å². The number of nitrogens with zero attached hydrogens (tertiary/aromatic N) is 1. The van der Waals surface area contributed by atoms with Crippen molar-refractivity contribution < 1.29 is 8.78 Å². The Labute approximate surface area is 105 Å². The first kappa shape index (κ1) is 12.3. The molecule has 2 aromatic rings. The highest BCUT2D eigenvalue weighted by atomic mass is 19.1. The van der Waals surface area contributed by atoms with Crippen LogP contribution in [-0.4, -0.2) is 0 Å². The molecule has 0 fully saturated rings. The van der Waals surface area contributed by atoms with Gasteiger partial charge in [0.1, 0.15) is 11.6 Å². The smallest absolute Gasteiger partial charge is 0.187 e. The number of rotatable bonds is 2. The predicted octanol–water partition coefficient (Wildman–Crippen LogP) is 4.67. The van der Waals surface area contributed by atoms with Crippen LogP contribution in [0.25, 0.3) is 4.85 Å². The van der Waals surface area contributed by atoms with Gasteiger partial charge in [-0.15, -0.1) is 0 Å². The van der Waals surface area contributed by atoms with Crippen LogP contribution in [0.15, 0.2) is 42.5 Å². The minimum Gasteiger partial charge on any atom is -0.238 e. The van der Waals surface area contributed by atoms with Gasteiger partial charge in [-0.1, -0.05) is 37.3 Å². The largest absolute Gasteiger partial charge is 0.238 e. The molecule has 0 radical (unpaired) electrons. The van der Waals surface area contributed by atoms with Gasteiger partial charge in [0.15, 0.2) is 5.69 Å². The summed E-state index contributed by atoms with van der Waals surface area (Å²) in [6.45, 7) is 8.72. The van der Waals surface area contributed by atoms with Crippen LogP contribution in [-0.2, 0) is 0 Å². The number of hydrogen-bond donors (Lipinski definition) is 0. The van der Waals surface area contributed by atoms with Crippen LogP contribution in [0.4, 0.5) is 14.5 Å². The molecular weight excluding hydrogens is 232 g/mol. The summed E-state index contributed by atoms with van der Waals surface area (Å²) in [5, 5.41) is 0. The van der Waals surface area contributed by atoms with Crippen molar-refractivity contribution in [3.8, 4) is 0 Å². The maximum absolute atomic E-state index is 13.6. The molecule has 1 unspecified atom stereocenters. The Morgan fingerprint density at radius 3 is 2.28 bits per heavy atom. The highest BCUT2D eigenvalue weighted by Gasteiger charge is 2.13. The van der Waals surface area contributed by atoms with Gasteiger partial charge in [0, 0.05) is 12.0 Å². The van der Waals surface area contributed by atoms with Crippen molar-refractivity contribution in [3.05, 3.63) is 76.6 Å². The summed E-state index contributed by atoms with van der Waals surface area (Å²) in [7, 11) is 0. The molecule has 0 amide bonds. The molecule has 0 saturated carbocycles. The molecule has 0 bridgehead atoms. The molecule has 0 N–H and O–H groups in total. The minimum absolute atomic E-state index is 0.176. The Bertz CT molecular complexity index is 597. The fourth-order valence-electron chi connectivity index (χ4n) is 1.87. The van der Waals surface area contributed by atoms with Gasteiger partial charge in [-0.05, 0) is 17.2 Å². The molecule has 2 aromatic carbocycles. The molecule has 3 heteroatoms. The van der Waals surface area contributed by atoms with Gasteiger partial charge >= 0.3 is 0 Å². The molecule has 1 nitrogen and oxygen atoms in total. The molecule has 0 spiro atoms. The standard InChI is InChI=1S/C15H11F2N/c1-10(11-3-6-13(18-2)7-4-11)14-8-5-12(16)9-15(14)17/h3-10H,1H3. The molecule has 0 aliphatic heterocycles. The molecule has 1 atom stereocenters. The van der Waals surface area contributed by atoms with Crippen molar-refractivity contribution >= 4 is 5.69 Å². The van der Waals surface area contributed by atoms with Crippen LogP contribution in [0.2, 0.25) is 0 Å². The van der Waals surface area contributed by atoms with Crippen molar-refractivity contribution in [2.24, 2.45) is 0 Å². The van der Waals surface area contributed by atoms with E-state index in [1.54, 1.807) is 24.3 Å². The second-order valence-corrected chi connectivity index (χ2v) is 4.09. The molecule has 0 aromatic heterocycles. The summed E-state index contributed by atoms with van der Waals surface area (Å²) in [5.74, 6) is -1.30. The lowest BCUT2D eigenvalue weighted by Crippen LogP contribution is -1.99. The van der Waals surface area contributed by atoms with Gasteiger partial charge in [-0.2, -0.15) is 0 Å². The van der Waals surface area contributed by atoms with Crippen molar-refractivity contribution in [1.29, 1.82) is 0 Å². The minimum atomic E-state index is -0.577. The maximum atomic E-state index is 13.6. The third kappa shape index (κ3) is 2.38. The quantitative estimate of drug-likeness (QED) is 0.675. The average molecular weight is 243 g/mol. The summed E-state index contributed by atoms with van der Waals surface area (Å²) < 4.78 is 26.5. The molecule has 0 heterocycles. The Morgan fingerprint density at radius 1 is 1.06 bits per heavy atom. The second kappa shape index (κ2) is 4.97. The van der Waals surface area contributed by atoms with Crippen molar-refractivity contribution in [1.82, 2.24) is 0 Å². The van der Waals surface area contributed by atoms with E-state index in [9.17, 15) is 8.78 Å². The lowest BCUT2D eigenvalue weighted by molar-refractivity contribution is 0.568. The monoisotopic (exact) mass is 243 g/mol. The van der Waals surface area contributed by atoms with Gasteiger partial charge in [0.05, 0.1) is 6.57 Å². The normalized spacial score (nSPS) is 11.9. The second-order valence-electron chi connectivity index (χ2n) is 4.09. The molecule has 0 saturated heterocycles. The molecular formula is C15H11F2N. The van der Waals surface area contributed by atoms with E-state index in [0.717, 1.165) is 11.6 Å². The Kier molecular flexibility index (Phi) is 3.38. The first-order valence-electron chi connectivity index (χ1n) is 5.54. The molecule has 0 aliphatic rings. The zero-order valence-corrected chi connectivity index (χ0v) is 9.82. The fourth-order valence-corrected chi connectivity index (χ4v) is 1.87. The zero-order chi connectivity index (χ0) is 13.1. The highest BCUT2D eigenvalue weighted by Crippen LogP contribution is 2.28. The van der Waals surface area contributed by atoms with Gasteiger partial charge in [-0.25, -0.2) is 13.6 Å². The number of hydrogen-bond acceptors (Lipinski definition) is 0. The first-order valence-corrected chi connectivity index (χ1v) is 5.54. The average Bonchev–Trinajstić information content (AvgIpc) is 2.38. The van der Waals surface area contributed by atoms with E-state index in [0.29, 0.717) is 11.3 Å². The van der Waals surface area contributed by atoms with Crippen molar-refractivity contribution in [2.45, 2.75) is 12.8 Å². The number of benzene rings is 2. The molecule has 90 valence electrons. The summed E-state index contributed by atoms with van der Waals surface area (Å²) in [5.41, 5.74) is 1.89. The van der Waals surface area contributed by atoms with Crippen LogP contribution in [0.1, 0.15) is 24.0 Å². The van der Waals surface area contributed by atoms with E-state index in [1.165, 1.54) is 12.1 Å². The lowest BCUT2D eigenvalue weighted by Gasteiger charge is -2.13. The van der Waals surface area contributed by atoms with E-state index < -0.39 is 11.6 Å². The van der Waals surface area contributed by atoms with Crippen molar-refractivity contribution in [2.75, 3.05) is 0 Å². The van der Waals surface area contributed by atoms with Crippen LogP contribution >= 0.6 is 0 Å². The zero-order valence-electron chi connectivity index (χ0n) is 9.82. The summed E-state index contributed by atoms with van der Waals surface area (Å²) in [6, 6.07) is 10.6. The lowest BCUT2D eigenvalue weighted by atomic mass is 9.92. The summed E-state index contributed by atoms with van der Waals surface area (Å²) in [6.07, 6.45) is 0. The number of halogens is 2. The molecule has 18 heavy (non-hydrogen) atoms. The van der Waals surface area contributed by atoms with Gasteiger partial charge < -0.3 is 0 Å². The third-order valence-electron chi connectivity index (χ3n) is 2.95. The van der Waals surface area contributed by atoms with E-state index in [4.69, 9.17) is 6.57 Å². The molecule has 2 rings (SSSR count). The van der Waals surface area contributed by atoms with Crippen LogP contribution < -0.4 is 0 Å². The van der Waals surface area contributed by atoms with Crippen LogP contribution in [0.5, 0.6) is 0 Å². The van der Waals surface area contributed by atoms with E-state index >= 15 is 0 Å². The van der Waals surface area contributed by atoms with Gasteiger partial charge in [0.25, 0.3) is 0 Å². The van der Waals surface area contributed by atoms with E-state index in [-0.39, 0.29) is 5.92 Å². The fraction of sp³-hybridized carbons (Fsp3) is 0.133. The van der Waals surface area contributed by atoms with E-state index in [1.807, 2.05) is 6.92 Å². The summed E-state index contributed by atoms with van der Waals surface area (Å²) >= 11 is 0. The van der Waals surface area contributed by atoms with Crippen LogP contribution in [0, 0.1) is 18.2 Å². The Balaban J connectivity index is 2.35. The Hall–Kier alpha value is -2.21. The van der Waals surface area contributed by atoms with Gasteiger partial charge in [0.2, 0.25) is 0 Å². The SMILES string of the molecule is [C-]#[N+]c1ccc(C(C)c2ccc(F)cc2F)cc1. The first-order chi connectivity index (χ1) is 8.61.